The van der Waals surface area contributed by atoms with Crippen molar-refractivity contribution in [3.05, 3.63) is 65.6 Å². The van der Waals surface area contributed by atoms with Crippen LogP contribution in [0.4, 0.5) is 4.39 Å². The monoisotopic (exact) mass is 312 g/mol. The largest absolute Gasteiger partial charge is 0.489 e. The van der Waals surface area contributed by atoms with Crippen molar-refractivity contribution in [1.29, 1.82) is 0 Å². The predicted octanol–water partition coefficient (Wildman–Crippen LogP) is 4.40. The number of halogens is 1. The number of aromatic nitrogens is 1. The second-order valence-corrected chi connectivity index (χ2v) is 5.95. The zero-order valence-electron chi connectivity index (χ0n) is 13.4. The molecule has 0 amide bonds. The van der Waals surface area contributed by atoms with Crippen LogP contribution in [0.15, 0.2) is 48.7 Å². The van der Waals surface area contributed by atoms with Crippen molar-refractivity contribution >= 4 is 10.9 Å². The molecular formula is C19H21FN2O. The molecule has 0 radical (unpaired) electrons. The molecule has 0 unspecified atom stereocenters. The second-order valence-electron chi connectivity index (χ2n) is 5.95. The Balaban J connectivity index is 1.93. The normalized spacial score (nSPS) is 11.3. The lowest BCUT2D eigenvalue weighted by Gasteiger charge is -2.09. The molecule has 4 heteroatoms. The molecule has 2 aromatic carbocycles. The van der Waals surface area contributed by atoms with Crippen LogP contribution in [-0.4, -0.2) is 4.57 Å². The van der Waals surface area contributed by atoms with Gasteiger partial charge in [-0.25, -0.2) is 4.39 Å². The smallest absolute Gasteiger partial charge is 0.123 e. The third kappa shape index (κ3) is 3.22. The third-order valence-corrected chi connectivity index (χ3v) is 3.98. The minimum absolute atomic E-state index is 0.263. The van der Waals surface area contributed by atoms with E-state index in [1.165, 1.54) is 17.6 Å². The highest BCUT2D eigenvalue weighted by Gasteiger charge is 2.12. The minimum Gasteiger partial charge on any atom is -0.489 e. The summed E-state index contributed by atoms with van der Waals surface area (Å²) in [7, 11) is 0. The number of hydrogen-bond acceptors (Lipinski definition) is 2. The molecule has 1 aromatic heterocycles. The maximum absolute atomic E-state index is 13.0. The summed E-state index contributed by atoms with van der Waals surface area (Å²) in [5.41, 5.74) is 9.14. The number of fused-ring (bicyclic) bond motifs is 1. The van der Waals surface area contributed by atoms with E-state index >= 15 is 0 Å². The fraction of sp³-hybridized carbons (Fsp3) is 0.263. The number of nitrogens with two attached hydrogens (primary N) is 1. The van der Waals surface area contributed by atoms with Gasteiger partial charge in [-0.05, 0) is 55.8 Å². The first-order valence-electron chi connectivity index (χ1n) is 7.79. The average Bonchev–Trinajstić information content (AvgIpc) is 2.92. The summed E-state index contributed by atoms with van der Waals surface area (Å²) in [6.07, 6.45) is 2.12. The van der Waals surface area contributed by atoms with Gasteiger partial charge in [0.1, 0.15) is 18.2 Å². The Labute approximate surface area is 135 Å². The molecule has 1 heterocycles. The van der Waals surface area contributed by atoms with Crippen LogP contribution in [-0.2, 0) is 13.2 Å². The van der Waals surface area contributed by atoms with Crippen LogP contribution >= 0.6 is 0 Å². The van der Waals surface area contributed by atoms with Crippen molar-refractivity contribution in [2.75, 3.05) is 0 Å². The molecule has 0 saturated heterocycles. The van der Waals surface area contributed by atoms with Gasteiger partial charge in [0, 0.05) is 35.2 Å². The van der Waals surface area contributed by atoms with E-state index in [1.54, 1.807) is 12.1 Å². The van der Waals surface area contributed by atoms with Crippen molar-refractivity contribution in [3.63, 3.8) is 0 Å². The zero-order chi connectivity index (χ0) is 16.4. The highest BCUT2D eigenvalue weighted by atomic mass is 19.1. The Bertz CT molecular complexity index is 806. The molecular weight excluding hydrogens is 291 g/mol. The Hall–Kier alpha value is -2.33. The van der Waals surface area contributed by atoms with E-state index < -0.39 is 0 Å². The van der Waals surface area contributed by atoms with E-state index in [0.717, 1.165) is 16.5 Å². The van der Waals surface area contributed by atoms with Crippen molar-refractivity contribution < 1.29 is 9.13 Å². The predicted molar refractivity (Wildman–Crippen MR) is 90.9 cm³/mol. The van der Waals surface area contributed by atoms with Gasteiger partial charge in [-0.15, -0.1) is 0 Å². The first kappa shape index (κ1) is 15.6. The molecule has 0 spiro atoms. The highest BCUT2D eigenvalue weighted by molar-refractivity contribution is 5.84. The van der Waals surface area contributed by atoms with Crippen LogP contribution in [0.3, 0.4) is 0 Å². The summed E-state index contributed by atoms with van der Waals surface area (Å²) in [5.74, 6) is 0.396. The van der Waals surface area contributed by atoms with Gasteiger partial charge < -0.3 is 15.0 Å². The summed E-state index contributed by atoms with van der Waals surface area (Å²) >= 11 is 0. The third-order valence-electron chi connectivity index (χ3n) is 3.98. The van der Waals surface area contributed by atoms with Gasteiger partial charge in [0.25, 0.3) is 0 Å². The number of benzene rings is 2. The van der Waals surface area contributed by atoms with Gasteiger partial charge in [0.05, 0.1) is 0 Å². The Morgan fingerprint density at radius 3 is 2.52 bits per heavy atom. The van der Waals surface area contributed by atoms with E-state index in [4.69, 9.17) is 10.5 Å². The maximum atomic E-state index is 13.0. The quantitative estimate of drug-likeness (QED) is 0.758. The molecule has 0 aliphatic rings. The topological polar surface area (TPSA) is 40.2 Å². The van der Waals surface area contributed by atoms with Crippen molar-refractivity contribution in [1.82, 2.24) is 4.57 Å². The van der Waals surface area contributed by atoms with E-state index in [-0.39, 0.29) is 5.82 Å². The molecule has 0 fully saturated rings. The lowest BCUT2D eigenvalue weighted by molar-refractivity contribution is 0.306. The molecule has 3 aromatic rings. The van der Waals surface area contributed by atoms with Crippen LogP contribution in [0.5, 0.6) is 5.75 Å². The molecule has 0 bridgehead atoms. The van der Waals surface area contributed by atoms with E-state index in [0.29, 0.717) is 24.9 Å². The Morgan fingerprint density at radius 2 is 1.87 bits per heavy atom. The number of rotatable bonds is 5. The molecule has 120 valence electrons. The van der Waals surface area contributed by atoms with Gasteiger partial charge in [0.15, 0.2) is 0 Å². The van der Waals surface area contributed by atoms with E-state index in [1.807, 2.05) is 0 Å². The minimum atomic E-state index is -0.263. The molecule has 3 nitrogen and oxygen atoms in total. The van der Waals surface area contributed by atoms with Crippen molar-refractivity contribution in [2.24, 2.45) is 5.73 Å². The number of nitrogens with zero attached hydrogens (tertiary/aromatic N) is 1. The summed E-state index contributed by atoms with van der Waals surface area (Å²) in [6, 6.07) is 12.7. The fourth-order valence-electron chi connectivity index (χ4n) is 2.73. The Kier molecular flexibility index (Phi) is 4.35. The first-order valence-corrected chi connectivity index (χ1v) is 7.79. The van der Waals surface area contributed by atoms with Crippen LogP contribution < -0.4 is 10.5 Å². The van der Waals surface area contributed by atoms with Crippen molar-refractivity contribution in [2.45, 2.75) is 33.0 Å². The van der Waals surface area contributed by atoms with Gasteiger partial charge >= 0.3 is 0 Å². The lowest BCUT2D eigenvalue weighted by atomic mass is 10.1. The summed E-state index contributed by atoms with van der Waals surface area (Å²) in [4.78, 5) is 0. The van der Waals surface area contributed by atoms with Crippen LogP contribution in [0.25, 0.3) is 10.9 Å². The Morgan fingerprint density at radius 1 is 1.13 bits per heavy atom. The molecule has 3 rings (SSSR count). The summed E-state index contributed by atoms with van der Waals surface area (Å²) < 4.78 is 21.0. The standard InChI is InChI=1S/C19H21FN2O/c1-13(2)22-11-15(12-23-17-6-4-16(20)5-7-17)18-9-14(10-21)3-8-19(18)22/h3-9,11,13H,10,12,21H2,1-2H3. The summed E-state index contributed by atoms with van der Waals surface area (Å²) in [5, 5.41) is 1.16. The second kappa shape index (κ2) is 6.42. The van der Waals surface area contributed by atoms with Crippen LogP contribution in [0.1, 0.15) is 31.0 Å². The van der Waals surface area contributed by atoms with Gasteiger partial charge in [-0.2, -0.15) is 0 Å². The SMILES string of the molecule is CC(C)n1cc(COc2ccc(F)cc2)c2cc(CN)ccc21. The molecule has 0 atom stereocenters. The van der Waals surface area contributed by atoms with Gasteiger partial charge in [-0.1, -0.05) is 6.07 Å². The highest BCUT2D eigenvalue weighted by Crippen LogP contribution is 2.27. The van der Waals surface area contributed by atoms with Crippen LogP contribution in [0.2, 0.25) is 0 Å². The molecule has 0 aliphatic carbocycles. The number of ether oxygens (including phenoxy) is 1. The van der Waals surface area contributed by atoms with Gasteiger partial charge in [-0.3, -0.25) is 0 Å². The molecule has 0 aliphatic heterocycles. The molecule has 2 N–H and O–H groups in total. The zero-order valence-corrected chi connectivity index (χ0v) is 13.4. The van der Waals surface area contributed by atoms with E-state index in [2.05, 4.69) is 42.8 Å². The molecule has 23 heavy (non-hydrogen) atoms. The average molecular weight is 312 g/mol. The fourth-order valence-corrected chi connectivity index (χ4v) is 2.73. The van der Waals surface area contributed by atoms with E-state index in [9.17, 15) is 4.39 Å². The lowest BCUT2D eigenvalue weighted by Crippen LogP contribution is -1.99. The molecule has 0 saturated carbocycles. The van der Waals surface area contributed by atoms with Crippen molar-refractivity contribution in [3.8, 4) is 5.75 Å². The van der Waals surface area contributed by atoms with Crippen LogP contribution in [0, 0.1) is 5.82 Å². The van der Waals surface area contributed by atoms with Gasteiger partial charge in [0.2, 0.25) is 0 Å². The summed E-state index contributed by atoms with van der Waals surface area (Å²) in [6.45, 7) is 5.26. The first-order chi connectivity index (χ1) is 11.1. The maximum Gasteiger partial charge on any atom is 0.123 e. The number of hydrogen-bond donors (Lipinski definition) is 1.